The number of nitro groups is 2. The Hall–Kier alpha value is -3.03. The molecule has 8 heteroatoms. The number of aromatic carboxylic acids is 1. The fourth-order valence-electron chi connectivity index (χ4n) is 1.86. The van der Waals surface area contributed by atoms with Gasteiger partial charge in [-0.2, -0.15) is 0 Å². The SMILES string of the molecule is O=C(O)c1c([N+](=O)[O-])cc2ccccc2c1[N+](=O)[O-]. The van der Waals surface area contributed by atoms with Crippen LogP contribution in [0.4, 0.5) is 11.4 Å². The van der Waals surface area contributed by atoms with Crippen LogP contribution in [0.2, 0.25) is 0 Å². The van der Waals surface area contributed by atoms with Crippen molar-refractivity contribution >= 4 is 28.1 Å². The van der Waals surface area contributed by atoms with Crippen LogP contribution in [0.25, 0.3) is 10.8 Å². The minimum absolute atomic E-state index is 0.0514. The Morgan fingerprint density at radius 3 is 2.26 bits per heavy atom. The molecule has 0 saturated carbocycles. The van der Waals surface area contributed by atoms with Gasteiger partial charge in [-0.3, -0.25) is 20.2 Å². The Kier molecular flexibility index (Phi) is 2.83. The summed E-state index contributed by atoms with van der Waals surface area (Å²) in [5.41, 5.74) is -2.47. The number of carbonyl (C=O) groups is 1. The minimum Gasteiger partial charge on any atom is -0.477 e. The molecule has 0 fully saturated rings. The molecule has 8 nitrogen and oxygen atoms in total. The maximum absolute atomic E-state index is 11.1. The van der Waals surface area contributed by atoms with E-state index in [0.717, 1.165) is 6.07 Å². The van der Waals surface area contributed by atoms with E-state index in [4.69, 9.17) is 5.11 Å². The van der Waals surface area contributed by atoms with Crippen molar-refractivity contribution in [1.82, 2.24) is 0 Å². The van der Waals surface area contributed by atoms with E-state index in [1.165, 1.54) is 18.2 Å². The predicted octanol–water partition coefficient (Wildman–Crippen LogP) is 2.35. The van der Waals surface area contributed by atoms with Crippen molar-refractivity contribution in [2.24, 2.45) is 0 Å². The van der Waals surface area contributed by atoms with Gasteiger partial charge in [-0.1, -0.05) is 18.2 Å². The summed E-state index contributed by atoms with van der Waals surface area (Å²) in [6.07, 6.45) is 0. The van der Waals surface area contributed by atoms with Crippen LogP contribution >= 0.6 is 0 Å². The van der Waals surface area contributed by atoms with Gasteiger partial charge in [0, 0.05) is 6.07 Å². The molecule has 0 amide bonds. The van der Waals surface area contributed by atoms with Crippen LogP contribution in [0.1, 0.15) is 10.4 Å². The maximum Gasteiger partial charge on any atom is 0.349 e. The second kappa shape index (κ2) is 4.33. The zero-order valence-electron chi connectivity index (χ0n) is 9.27. The van der Waals surface area contributed by atoms with Crippen molar-refractivity contribution in [3.8, 4) is 0 Å². The second-order valence-electron chi connectivity index (χ2n) is 3.66. The third-order valence-electron chi connectivity index (χ3n) is 2.59. The van der Waals surface area contributed by atoms with Crippen molar-refractivity contribution in [2.75, 3.05) is 0 Å². The number of hydrogen-bond acceptors (Lipinski definition) is 5. The van der Waals surface area contributed by atoms with Crippen molar-refractivity contribution < 1.29 is 19.7 Å². The summed E-state index contributed by atoms with van der Waals surface area (Å²) in [7, 11) is 0. The highest BCUT2D eigenvalue weighted by atomic mass is 16.6. The molecule has 2 rings (SSSR count). The molecule has 2 aromatic rings. The molecule has 0 atom stereocenters. The zero-order valence-corrected chi connectivity index (χ0v) is 9.27. The Balaban J connectivity index is 3.04. The summed E-state index contributed by atoms with van der Waals surface area (Å²) in [6.45, 7) is 0. The Labute approximate surface area is 105 Å². The van der Waals surface area contributed by atoms with Gasteiger partial charge in [0.15, 0.2) is 0 Å². The Bertz CT molecular complexity index is 724. The number of benzene rings is 2. The Morgan fingerprint density at radius 2 is 1.74 bits per heavy atom. The molecule has 96 valence electrons. The molecule has 2 aromatic carbocycles. The van der Waals surface area contributed by atoms with Gasteiger partial charge in [0.05, 0.1) is 15.2 Å². The lowest BCUT2D eigenvalue weighted by molar-refractivity contribution is -0.393. The van der Waals surface area contributed by atoms with Gasteiger partial charge in [0.2, 0.25) is 5.56 Å². The Morgan fingerprint density at radius 1 is 1.11 bits per heavy atom. The summed E-state index contributed by atoms with van der Waals surface area (Å²) in [5.74, 6) is -1.70. The summed E-state index contributed by atoms with van der Waals surface area (Å²) in [5, 5.41) is 31.2. The standard InChI is InChI=1S/C11H6N2O6/c14-11(15)9-8(12(16)17)5-6-3-1-2-4-7(6)10(9)13(18)19/h1-5H,(H,14,15). The van der Waals surface area contributed by atoms with E-state index in [1.54, 1.807) is 6.07 Å². The van der Waals surface area contributed by atoms with Crippen molar-refractivity contribution in [3.05, 3.63) is 56.1 Å². The van der Waals surface area contributed by atoms with Gasteiger partial charge in [-0.15, -0.1) is 0 Å². The molecule has 0 saturated heterocycles. The molecule has 0 radical (unpaired) electrons. The molecule has 0 bridgehead atoms. The number of fused-ring (bicyclic) bond motifs is 1. The highest BCUT2D eigenvalue weighted by Gasteiger charge is 2.33. The fraction of sp³-hybridized carbons (Fsp3) is 0. The second-order valence-corrected chi connectivity index (χ2v) is 3.66. The summed E-state index contributed by atoms with van der Waals surface area (Å²) in [6, 6.07) is 6.86. The van der Waals surface area contributed by atoms with Crippen LogP contribution in [0.5, 0.6) is 0 Å². The van der Waals surface area contributed by atoms with E-state index in [-0.39, 0.29) is 10.8 Å². The summed E-state index contributed by atoms with van der Waals surface area (Å²) in [4.78, 5) is 31.1. The topological polar surface area (TPSA) is 124 Å². The van der Waals surface area contributed by atoms with E-state index >= 15 is 0 Å². The first-order valence-corrected chi connectivity index (χ1v) is 5.01. The number of carboxylic acid groups (broad SMARTS) is 1. The number of carboxylic acids is 1. The lowest BCUT2D eigenvalue weighted by atomic mass is 10.0. The van der Waals surface area contributed by atoms with Crippen molar-refractivity contribution in [1.29, 1.82) is 0 Å². The summed E-state index contributed by atoms with van der Waals surface area (Å²) >= 11 is 0. The maximum atomic E-state index is 11.1. The molecule has 1 N–H and O–H groups in total. The number of nitro benzene ring substituents is 2. The molecule has 0 aliphatic heterocycles. The van der Waals surface area contributed by atoms with E-state index in [0.29, 0.717) is 0 Å². The van der Waals surface area contributed by atoms with Gasteiger partial charge < -0.3 is 5.11 Å². The van der Waals surface area contributed by atoms with E-state index in [9.17, 15) is 25.0 Å². The average Bonchev–Trinajstić information content (AvgIpc) is 2.35. The first-order chi connectivity index (χ1) is 8.93. The smallest absolute Gasteiger partial charge is 0.349 e. The zero-order chi connectivity index (χ0) is 14.2. The van der Waals surface area contributed by atoms with Gasteiger partial charge >= 0.3 is 5.97 Å². The lowest BCUT2D eigenvalue weighted by Crippen LogP contribution is -2.07. The van der Waals surface area contributed by atoms with Crippen molar-refractivity contribution in [2.45, 2.75) is 0 Å². The molecular weight excluding hydrogens is 256 g/mol. The monoisotopic (exact) mass is 262 g/mol. The first-order valence-electron chi connectivity index (χ1n) is 5.01. The van der Waals surface area contributed by atoms with Crippen LogP contribution in [0.15, 0.2) is 30.3 Å². The van der Waals surface area contributed by atoms with Crippen molar-refractivity contribution in [3.63, 3.8) is 0 Å². The van der Waals surface area contributed by atoms with Crippen LogP contribution in [-0.4, -0.2) is 20.9 Å². The summed E-state index contributed by atoms with van der Waals surface area (Å²) < 4.78 is 0. The van der Waals surface area contributed by atoms with Gasteiger partial charge in [0.25, 0.3) is 11.4 Å². The third kappa shape index (κ3) is 1.95. The predicted molar refractivity (Wildman–Crippen MR) is 64.2 cm³/mol. The minimum atomic E-state index is -1.70. The highest BCUT2D eigenvalue weighted by Crippen LogP contribution is 2.36. The lowest BCUT2D eigenvalue weighted by Gasteiger charge is -2.04. The van der Waals surface area contributed by atoms with E-state index in [1.807, 2.05) is 0 Å². The largest absolute Gasteiger partial charge is 0.477 e. The quantitative estimate of drug-likeness (QED) is 0.668. The molecule has 0 aliphatic carbocycles. The van der Waals surface area contributed by atoms with Gasteiger partial charge in [0.1, 0.15) is 0 Å². The number of nitrogens with zero attached hydrogens (tertiary/aromatic N) is 2. The average molecular weight is 262 g/mol. The number of rotatable bonds is 3. The van der Waals surface area contributed by atoms with Crippen LogP contribution in [-0.2, 0) is 0 Å². The van der Waals surface area contributed by atoms with Gasteiger partial charge in [-0.05, 0) is 11.5 Å². The highest BCUT2D eigenvalue weighted by molar-refractivity contribution is 6.07. The molecule has 0 spiro atoms. The van der Waals surface area contributed by atoms with Crippen LogP contribution < -0.4 is 0 Å². The molecule has 0 aliphatic rings. The molecule has 0 unspecified atom stereocenters. The number of hydrogen-bond donors (Lipinski definition) is 1. The fourth-order valence-corrected chi connectivity index (χ4v) is 1.86. The van der Waals surface area contributed by atoms with E-state index in [2.05, 4.69) is 0 Å². The normalized spacial score (nSPS) is 10.3. The molecule has 0 aromatic heterocycles. The van der Waals surface area contributed by atoms with Gasteiger partial charge in [-0.25, -0.2) is 4.79 Å². The molecular formula is C11H6N2O6. The molecule has 19 heavy (non-hydrogen) atoms. The molecule has 0 heterocycles. The van der Waals surface area contributed by atoms with E-state index < -0.39 is 32.8 Å². The van der Waals surface area contributed by atoms with Crippen LogP contribution in [0, 0.1) is 20.2 Å². The van der Waals surface area contributed by atoms with Crippen LogP contribution in [0.3, 0.4) is 0 Å². The third-order valence-corrected chi connectivity index (χ3v) is 2.59. The first kappa shape index (κ1) is 12.4.